The van der Waals surface area contributed by atoms with Crippen LogP contribution in [-0.4, -0.2) is 33.3 Å². The fourth-order valence-corrected chi connectivity index (χ4v) is 3.53. The van der Waals surface area contributed by atoms with E-state index in [1.54, 1.807) is 42.5 Å². The Bertz CT molecular complexity index is 1170. The monoisotopic (exact) mass is 472 g/mol. The van der Waals surface area contributed by atoms with Crippen LogP contribution in [-0.2, 0) is 4.79 Å². The maximum Gasteiger partial charge on any atom is 0.345 e. The number of esters is 2. The lowest BCUT2D eigenvalue weighted by Crippen LogP contribution is -2.12. The highest BCUT2D eigenvalue weighted by molar-refractivity contribution is 6.33. The van der Waals surface area contributed by atoms with Crippen LogP contribution in [0.5, 0.6) is 28.7 Å². The number of ether oxygens (including phenoxy) is 5. The van der Waals surface area contributed by atoms with Crippen LogP contribution in [0.4, 0.5) is 0 Å². The van der Waals surface area contributed by atoms with E-state index in [9.17, 15) is 9.59 Å². The summed E-state index contributed by atoms with van der Waals surface area (Å²) in [5, 5.41) is 1.17. The number of fused-ring (bicyclic) bond motifs is 1. The first-order valence-electron chi connectivity index (χ1n) is 10.4. The van der Waals surface area contributed by atoms with Crippen molar-refractivity contribution >= 4 is 34.3 Å². The molecule has 0 aliphatic heterocycles. The van der Waals surface area contributed by atoms with Crippen molar-refractivity contribution in [2.24, 2.45) is 0 Å². The van der Waals surface area contributed by atoms with Crippen molar-refractivity contribution in [2.75, 3.05) is 21.3 Å². The summed E-state index contributed by atoms with van der Waals surface area (Å²) in [4.78, 5) is 25.4. The summed E-state index contributed by atoms with van der Waals surface area (Å²) in [5.74, 6) is -0.0945. The molecule has 3 rings (SSSR count). The summed E-state index contributed by atoms with van der Waals surface area (Å²) in [7, 11) is 4.34. The lowest BCUT2D eigenvalue weighted by molar-refractivity contribution is -0.134. The first-order valence-corrected chi connectivity index (χ1v) is 10.8. The van der Waals surface area contributed by atoms with Crippen LogP contribution in [0.15, 0.2) is 42.5 Å². The Balaban J connectivity index is 2.21. The van der Waals surface area contributed by atoms with E-state index < -0.39 is 11.9 Å². The Kier molecular flexibility index (Phi) is 8.01. The minimum atomic E-state index is -0.675. The van der Waals surface area contributed by atoms with Gasteiger partial charge < -0.3 is 23.7 Å². The van der Waals surface area contributed by atoms with Crippen molar-refractivity contribution in [1.82, 2.24) is 0 Å². The zero-order valence-corrected chi connectivity index (χ0v) is 19.7. The summed E-state index contributed by atoms with van der Waals surface area (Å²) in [6.45, 7) is 1.99. The summed E-state index contributed by atoms with van der Waals surface area (Å²) in [5.41, 5.74) is 0.192. The Morgan fingerprint density at radius 3 is 2.09 bits per heavy atom. The second-order valence-corrected chi connectivity index (χ2v) is 7.49. The van der Waals surface area contributed by atoms with Crippen molar-refractivity contribution in [3.05, 3.63) is 53.1 Å². The zero-order valence-electron chi connectivity index (χ0n) is 18.9. The molecule has 0 aliphatic rings. The quantitative estimate of drug-likeness (QED) is 0.286. The molecule has 0 radical (unpaired) electrons. The highest BCUT2D eigenvalue weighted by atomic mass is 35.5. The number of benzene rings is 3. The fraction of sp³-hybridized carbons (Fsp3) is 0.280. The van der Waals surface area contributed by atoms with Gasteiger partial charge in [-0.2, -0.15) is 0 Å². The van der Waals surface area contributed by atoms with Gasteiger partial charge in [-0.1, -0.05) is 37.1 Å². The predicted molar refractivity (Wildman–Crippen MR) is 125 cm³/mol. The molecule has 0 atom stereocenters. The largest absolute Gasteiger partial charge is 0.497 e. The first kappa shape index (κ1) is 24.2. The van der Waals surface area contributed by atoms with Crippen LogP contribution in [0.2, 0.25) is 5.02 Å². The van der Waals surface area contributed by atoms with E-state index in [1.165, 1.54) is 21.3 Å². The standard InChI is InChI=1S/C25H25ClO7/c1-5-6-11-20(27)32-22-18-14-15(29-2)12-13-16(18)21(23(30-3)24(22)31-4)33-25(28)17-9-7-8-10-19(17)26/h7-10,12-14H,5-6,11H2,1-4H3. The minimum Gasteiger partial charge on any atom is -0.497 e. The Labute approximate surface area is 197 Å². The number of hydrogen-bond donors (Lipinski definition) is 0. The highest BCUT2D eigenvalue weighted by Gasteiger charge is 2.28. The van der Waals surface area contributed by atoms with Crippen LogP contribution < -0.4 is 23.7 Å². The van der Waals surface area contributed by atoms with E-state index in [-0.39, 0.29) is 40.0 Å². The van der Waals surface area contributed by atoms with E-state index in [0.29, 0.717) is 22.9 Å². The van der Waals surface area contributed by atoms with E-state index in [0.717, 1.165) is 6.42 Å². The third-order valence-corrected chi connectivity index (χ3v) is 5.31. The molecule has 0 aromatic heterocycles. The van der Waals surface area contributed by atoms with Crippen LogP contribution in [0, 0.1) is 0 Å². The van der Waals surface area contributed by atoms with Gasteiger partial charge in [0.25, 0.3) is 0 Å². The van der Waals surface area contributed by atoms with Crippen molar-refractivity contribution < 1.29 is 33.3 Å². The molecule has 174 valence electrons. The molecule has 3 aromatic carbocycles. The van der Waals surface area contributed by atoms with Crippen molar-refractivity contribution in [2.45, 2.75) is 26.2 Å². The average Bonchev–Trinajstić information content (AvgIpc) is 2.83. The van der Waals surface area contributed by atoms with Crippen LogP contribution in [0.25, 0.3) is 10.8 Å². The molecule has 0 aliphatic carbocycles. The number of halogens is 1. The van der Waals surface area contributed by atoms with Gasteiger partial charge in [-0.3, -0.25) is 4.79 Å². The SMILES string of the molecule is CCCCC(=O)Oc1c(OC)c(OC)c(OC(=O)c2ccccc2Cl)c2ccc(OC)cc12. The number of hydrogen-bond acceptors (Lipinski definition) is 7. The molecule has 0 fully saturated rings. The van der Waals surface area contributed by atoms with Gasteiger partial charge in [0.2, 0.25) is 11.5 Å². The fourth-order valence-electron chi connectivity index (χ4n) is 3.32. The van der Waals surface area contributed by atoms with Gasteiger partial charge in [0, 0.05) is 17.2 Å². The molecule has 0 saturated carbocycles. The maximum absolute atomic E-state index is 12.9. The Morgan fingerprint density at radius 2 is 1.48 bits per heavy atom. The number of carbonyl (C=O) groups is 2. The summed E-state index contributed by atoms with van der Waals surface area (Å²) in [6, 6.07) is 11.6. The lowest BCUT2D eigenvalue weighted by atomic mass is 10.1. The maximum atomic E-state index is 12.9. The molecule has 0 unspecified atom stereocenters. The normalized spacial score (nSPS) is 10.6. The second kappa shape index (κ2) is 10.9. The van der Waals surface area contributed by atoms with Crippen LogP contribution in [0.1, 0.15) is 36.5 Å². The van der Waals surface area contributed by atoms with Crippen molar-refractivity contribution in [3.63, 3.8) is 0 Å². The summed E-state index contributed by atoms with van der Waals surface area (Å²) in [6.07, 6.45) is 1.78. The van der Waals surface area contributed by atoms with Crippen LogP contribution >= 0.6 is 11.6 Å². The molecule has 0 N–H and O–H groups in total. The van der Waals surface area contributed by atoms with Gasteiger partial charge >= 0.3 is 11.9 Å². The number of methoxy groups -OCH3 is 3. The average molecular weight is 473 g/mol. The minimum absolute atomic E-state index is 0.102. The third-order valence-electron chi connectivity index (χ3n) is 4.98. The molecular weight excluding hydrogens is 448 g/mol. The molecule has 0 amide bonds. The predicted octanol–water partition coefficient (Wildman–Crippen LogP) is 5.83. The van der Waals surface area contributed by atoms with Crippen molar-refractivity contribution in [1.29, 1.82) is 0 Å². The molecule has 8 heteroatoms. The van der Waals surface area contributed by atoms with Gasteiger partial charge in [0.1, 0.15) is 5.75 Å². The first-order chi connectivity index (χ1) is 15.9. The Hall–Kier alpha value is -3.45. The molecule has 7 nitrogen and oxygen atoms in total. The molecule has 0 spiro atoms. The van der Waals surface area contributed by atoms with E-state index in [4.69, 9.17) is 35.3 Å². The molecule has 0 bridgehead atoms. The zero-order chi connectivity index (χ0) is 24.0. The third kappa shape index (κ3) is 5.14. The molecule has 0 heterocycles. The second-order valence-electron chi connectivity index (χ2n) is 7.08. The highest BCUT2D eigenvalue weighted by Crippen LogP contribution is 2.52. The van der Waals surface area contributed by atoms with Gasteiger partial charge in [-0.05, 0) is 36.8 Å². The van der Waals surface area contributed by atoms with E-state index in [1.807, 2.05) is 6.92 Å². The molecule has 0 saturated heterocycles. The molecule has 3 aromatic rings. The van der Waals surface area contributed by atoms with Gasteiger partial charge in [-0.15, -0.1) is 0 Å². The smallest absolute Gasteiger partial charge is 0.345 e. The van der Waals surface area contributed by atoms with Gasteiger partial charge in [-0.25, -0.2) is 4.79 Å². The van der Waals surface area contributed by atoms with Crippen molar-refractivity contribution in [3.8, 4) is 28.7 Å². The number of carbonyl (C=O) groups excluding carboxylic acids is 2. The summed E-state index contributed by atoms with van der Waals surface area (Å²) < 4.78 is 27.9. The topological polar surface area (TPSA) is 80.3 Å². The number of rotatable bonds is 9. The lowest BCUT2D eigenvalue weighted by Gasteiger charge is -2.20. The van der Waals surface area contributed by atoms with E-state index in [2.05, 4.69) is 0 Å². The van der Waals surface area contributed by atoms with Gasteiger partial charge in [0.15, 0.2) is 11.5 Å². The van der Waals surface area contributed by atoms with E-state index >= 15 is 0 Å². The molecular formula is C25H25ClO7. The molecule has 33 heavy (non-hydrogen) atoms. The van der Waals surface area contributed by atoms with Crippen LogP contribution in [0.3, 0.4) is 0 Å². The number of unbranched alkanes of at least 4 members (excludes halogenated alkanes) is 1. The summed E-state index contributed by atoms with van der Waals surface area (Å²) >= 11 is 6.17. The Morgan fingerprint density at radius 1 is 0.818 bits per heavy atom. The van der Waals surface area contributed by atoms with Gasteiger partial charge in [0.05, 0.1) is 31.9 Å².